The summed E-state index contributed by atoms with van der Waals surface area (Å²) in [5.74, 6) is 0.628. The van der Waals surface area contributed by atoms with Gasteiger partial charge >= 0.3 is 0 Å². The van der Waals surface area contributed by atoms with E-state index in [1.54, 1.807) is 4.52 Å². The van der Waals surface area contributed by atoms with Crippen LogP contribution in [0.5, 0.6) is 0 Å². The van der Waals surface area contributed by atoms with E-state index in [4.69, 9.17) is 23.2 Å². The van der Waals surface area contributed by atoms with Crippen LogP contribution in [0.2, 0.25) is 10.2 Å². The first-order valence-corrected chi connectivity index (χ1v) is 7.26. The van der Waals surface area contributed by atoms with Crippen LogP contribution >= 0.6 is 34.5 Å². The smallest absolute Gasteiger partial charge is 0.190 e. The van der Waals surface area contributed by atoms with Crippen LogP contribution in [0, 0.1) is 20.8 Å². The van der Waals surface area contributed by atoms with Crippen molar-refractivity contribution in [1.29, 1.82) is 0 Å². The molecule has 3 aromatic rings. The maximum absolute atomic E-state index is 6.28. The Labute approximate surface area is 124 Å². The third-order valence-electron chi connectivity index (χ3n) is 3.14. The first-order chi connectivity index (χ1) is 9.00. The van der Waals surface area contributed by atoms with Gasteiger partial charge in [-0.15, -0.1) is 21.5 Å². The van der Waals surface area contributed by atoms with E-state index >= 15 is 0 Å². The van der Waals surface area contributed by atoms with Crippen molar-refractivity contribution in [2.75, 3.05) is 0 Å². The molecule has 3 rings (SSSR count). The van der Waals surface area contributed by atoms with Crippen LogP contribution in [0.1, 0.15) is 16.7 Å². The molecule has 0 aliphatic carbocycles. The number of halogens is 2. The van der Waals surface area contributed by atoms with Crippen LogP contribution in [-0.4, -0.2) is 19.8 Å². The molecule has 0 spiro atoms. The van der Waals surface area contributed by atoms with E-state index in [0.717, 1.165) is 21.6 Å². The highest BCUT2D eigenvalue weighted by atomic mass is 35.5. The molecule has 0 aromatic carbocycles. The SMILES string of the molecule is Cc1csc(-c2nnc3c(C)c(C)c(Cl)nn23)c1Cl. The van der Waals surface area contributed by atoms with Crippen molar-refractivity contribution in [2.24, 2.45) is 0 Å². The summed E-state index contributed by atoms with van der Waals surface area (Å²) in [6.07, 6.45) is 0. The van der Waals surface area contributed by atoms with Gasteiger partial charge in [0.2, 0.25) is 0 Å². The van der Waals surface area contributed by atoms with Gasteiger partial charge in [-0.05, 0) is 37.3 Å². The zero-order valence-electron chi connectivity index (χ0n) is 10.5. The third kappa shape index (κ3) is 1.84. The summed E-state index contributed by atoms with van der Waals surface area (Å²) < 4.78 is 1.65. The molecule has 0 bridgehead atoms. The fourth-order valence-corrected chi connectivity index (χ4v) is 3.28. The van der Waals surface area contributed by atoms with Crippen molar-refractivity contribution in [2.45, 2.75) is 20.8 Å². The standard InChI is InChI=1S/C12H10Cl2N4S/c1-5-4-19-9(8(5)13)12-16-15-11-7(3)6(2)10(14)17-18(11)12/h4H,1-3H3. The second-order valence-electron chi connectivity index (χ2n) is 4.36. The predicted octanol–water partition coefficient (Wildman–Crippen LogP) is 4.08. The molecular weight excluding hydrogens is 303 g/mol. The molecule has 0 aliphatic rings. The number of hydrogen-bond donors (Lipinski definition) is 0. The van der Waals surface area contributed by atoms with Gasteiger partial charge in [-0.2, -0.15) is 9.61 Å². The molecule has 0 saturated heterocycles. The fourth-order valence-electron chi connectivity index (χ4n) is 1.82. The Kier molecular flexibility index (Phi) is 3.00. The van der Waals surface area contributed by atoms with Crippen LogP contribution in [-0.2, 0) is 0 Å². The summed E-state index contributed by atoms with van der Waals surface area (Å²) in [6, 6.07) is 0. The first-order valence-electron chi connectivity index (χ1n) is 5.62. The molecule has 0 radical (unpaired) electrons. The van der Waals surface area contributed by atoms with Crippen molar-refractivity contribution in [1.82, 2.24) is 19.8 Å². The lowest BCUT2D eigenvalue weighted by Gasteiger charge is -2.04. The van der Waals surface area contributed by atoms with E-state index in [1.165, 1.54) is 11.3 Å². The molecule has 0 atom stereocenters. The van der Waals surface area contributed by atoms with E-state index in [9.17, 15) is 0 Å². The molecule has 0 fully saturated rings. The maximum Gasteiger partial charge on any atom is 0.196 e. The first kappa shape index (κ1) is 12.8. The minimum Gasteiger partial charge on any atom is -0.190 e. The third-order valence-corrected chi connectivity index (χ3v) is 5.19. The monoisotopic (exact) mass is 312 g/mol. The van der Waals surface area contributed by atoms with Gasteiger partial charge in [-0.25, -0.2) is 0 Å². The van der Waals surface area contributed by atoms with E-state index in [2.05, 4.69) is 15.3 Å². The lowest BCUT2D eigenvalue weighted by atomic mass is 10.2. The molecular formula is C12H10Cl2N4S. The topological polar surface area (TPSA) is 43.1 Å². The molecule has 0 saturated carbocycles. The molecule has 7 heteroatoms. The molecule has 98 valence electrons. The molecule has 0 aliphatic heterocycles. The molecule has 4 nitrogen and oxygen atoms in total. The van der Waals surface area contributed by atoms with E-state index < -0.39 is 0 Å². The minimum absolute atomic E-state index is 0.454. The van der Waals surface area contributed by atoms with Crippen molar-refractivity contribution < 1.29 is 0 Å². The van der Waals surface area contributed by atoms with E-state index in [-0.39, 0.29) is 0 Å². The average molecular weight is 313 g/mol. The molecule has 0 N–H and O–H groups in total. The van der Waals surface area contributed by atoms with Crippen molar-refractivity contribution in [3.05, 3.63) is 32.2 Å². The highest BCUT2D eigenvalue weighted by molar-refractivity contribution is 7.14. The van der Waals surface area contributed by atoms with Gasteiger partial charge in [-0.3, -0.25) is 0 Å². The van der Waals surface area contributed by atoms with E-state index in [0.29, 0.717) is 21.6 Å². The summed E-state index contributed by atoms with van der Waals surface area (Å²) in [5, 5.41) is 15.8. The molecule has 0 unspecified atom stereocenters. The van der Waals surface area contributed by atoms with Gasteiger partial charge in [-0.1, -0.05) is 23.2 Å². The highest BCUT2D eigenvalue weighted by Crippen LogP contribution is 2.35. The zero-order valence-corrected chi connectivity index (χ0v) is 12.9. The quantitative estimate of drug-likeness (QED) is 0.680. The Hall–Kier alpha value is -1.17. The number of hydrogen-bond acceptors (Lipinski definition) is 4. The number of aryl methyl sites for hydroxylation is 2. The largest absolute Gasteiger partial charge is 0.196 e. The molecule has 3 aromatic heterocycles. The highest BCUT2D eigenvalue weighted by Gasteiger charge is 2.18. The number of rotatable bonds is 1. The fraction of sp³-hybridized carbons (Fsp3) is 0.250. The van der Waals surface area contributed by atoms with Crippen LogP contribution in [0.15, 0.2) is 5.38 Å². The van der Waals surface area contributed by atoms with Crippen molar-refractivity contribution in [3.8, 4) is 10.7 Å². The summed E-state index contributed by atoms with van der Waals surface area (Å²) in [7, 11) is 0. The summed E-state index contributed by atoms with van der Waals surface area (Å²) in [4.78, 5) is 0.860. The average Bonchev–Trinajstić information content (AvgIpc) is 2.92. The number of nitrogens with zero attached hydrogens (tertiary/aromatic N) is 4. The van der Waals surface area contributed by atoms with Gasteiger partial charge in [0.05, 0.1) is 9.90 Å². The van der Waals surface area contributed by atoms with Gasteiger partial charge in [0.15, 0.2) is 16.6 Å². The van der Waals surface area contributed by atoms with Crippen LogP contribution in [0.4, 0.5) is 0 Å². The zero-order chi connectivity index (χ0) is 13.7. The molecule has 19 heavy (non-hydrogen) atoms. The lowest BCUT2D eigenvalue weighted by Crippen LogP contribution is -1.99. The Balaban J connectivity index is 2.35. The number of aromatic nitrogens is 4. The Bertz CT molecular complexity index is 791. The van der Waals surface area contributed by atoms with E-state index in [1.807, 2.05) is 26.2 Å². The maximum atomic E-state index is 6.28. The Morgan fingerprint density at radius 2 is 1.84 bits per heavy atom. The van der Waals surface area contributed by atoms with Gasteiger partial charge in [0, 0.05) is 5.56 Å². The Morgan fingerprint density at radius 1 is 1.11 bits per heavy atom. The van der Waals surface area contributed by atoms with Crippen molar-refractivity contribution >= 4 is 40.2 Å². The second-order valence-corrected chi connectivity index (χ2v) is 5.98. The predicted molar refractivity (Wildman–Crippen MR) is 78.3 cm³/mol. The second kappa shape index (κ2) is 4.44. The minimum atomic E-state index is 0.454. The van der Waals surface area contributed by atoms with Crippen LogP contribution in [0.25, 0.3) is 16.3 Å². The number of fused-ring (bicyclic) bond motifs is 1. The van der Waals surface area contributed by atoms with Crippen LogP contribution < -0.4 is 0 Å². The summed E-state index contributed by atoms with van der Waals surface area (Å²) in [6.45, 7) is 5.83. The van der Waals surface area contributed by atoms with Crippen LogP contribution in [0.3, 0.4) is 0 Å². The summed E-state index contributed by atoms with van der Waals surface area (Å²) in [5.41, 5.74) is 3.62. The number of thiophene rings is 1. The van der Waals surface area contributed by atoms with Gasteiger partial charge in [0.1, 0.15) is 0 Å². The summed E-state index contributed by atoms with van der Waals surface area (Å²) >= 11 is 13.9. The molecule has 0 amide bonds. The van der Waals surface area contributed by atoms with Gasteiger partial charge in [0.25, 0.3) is 0 Å². The normalized spacial score (nSPS) is 11.4. The van der Waals surface area contributed by atoms with Crippen molar-refractivity contribution in [3.63, 3.8) is 0 Å². The Morgan fingerprint density at radius 3 is 2.47 bits per heavy atom. The van der Waals surface area contributed by atoms with Gasteiger partial charge < -0.3 is 0 Å². The molecule has 3 heterocycles. The lowest BCUT2D eigenvalue weighted by molar-refractivity contribution is 0.921.